The number of H-pyrrole nitrogens is 1. The van der Waals surface area contributed by atoms with Crippen LogP contribution in [0.1, 0.15) is 63.9 Å². The van der Waals surface area contributed by atoms with Crippen molar-refractivity contribution in [1.29, 1.82) is 5.26 Å². The number of hydrogen-bond acceptors (Lipinski definition) is 6. The number of amides is 1. The average molecular weight is 531 g/mol. The molecule has 0 aromatic carbocycles. The minimum Gasteiger partial charge on any atom is -0.493 e. The lowest BCUT2D eigenvalue weighted by Gasteiger charge is -2.35. The van der Waals surface area contributed by atoms with Crippen molar-refractivity contribution in [3.63, 3.8) is 0 Å². The molecule has 0 spiro atoms. The third-order valence-electron chi connectivity index (χ3n) is 6.19. The van der Waals surface area contributed by atoms with E-state index in [4.69, 9.17) is 15.0 Å². The highest BCUT2D eigenvalue weighted by atomic mass is 16.5. The Hall–Kier alpha value is -3.86. The molecule has 4 rings (SSSR count). The number of pyridine rings is 1. The van der Waals surface area contributed by atoms with Crippen LogP contribution in [0.2, 0.25) is 0 Å². The predicted octanol–water partition coefficient (Wildman–Crippen LogP) is 5.80. The summed E-state index contributed by atoms with van der Waals surface area (Å²) >= 11 is 0. The summed E-state index contributed by atoms with van der Waals surface area (Å²) in [6.07, 6.45) is 10.6. The van der Waals surface area contributed by atoms with Crippen LogP contribution in [0.5, 0.6) is 5.75 Å². The molecule has 0 bridgehead atoms. The van der Waals surface area contributed by atoms with Gasteiger partial charge in [-0.2, -0.15) is 5.26 Å². The smallest absolute Gasteiger partial charge is 0.241 e. The molecule has 1 saturated carbocycles. The van der Waals surface area contributed by atoms with Gasteiger partial charge in [-0.05, 0) is 50.2 Å². The summed E-state index contributed by atoms with van der Waals surface area (Å²) in [5.41, 5.74) is 4.69. The third kappa shape index (κ3) is 8.85. The Morgan fingerprint density at radius 2 is 2.10 bits per heavy atom. The van der Waals surface area contributed by atoms with Crippen LogP contribution in [0, 0.1) is 36.0 Å². The van der Waals surface area contributed by atoms with Crippen molar-refractivity contribution < 1.29 is 9.53 Å². The molecule has 1 aliphatic heterocycles. The van der Waals surface area contributed by atoms with Gasteiger partial charge < -0.3 is 19.9 Å². The molecule has 208 valence electrons. The second-order valence-electron chi connectivity index (χ2n) is 10.7. The maximum atomic E-state index is 12.5. The highest BCUT2D eigenvalue weighted by molar-refractivity contribution is 6.09. The van der Waals surface area contributed by atoms with E-state index in [1.165, 1.54) is 12.8 Å². The lowest BCUT2D eigenvalue weighted by Crippen LogP contribution is -2.51. The molecule has 3 heterocycles. The van der Waals surface area contributed by atoms with Crippen molar-refractivity contribution in [2.75, 3.05) is 26.2 Å². The van der Waals surface area contributed by atoms with Gasteiger partial charge in [-0.1, -0.05) is 40.3 Å². The summed E-state index contributed by atoms with van der Waals surface area (Å²) in [6.45, 7) is 16.4. The van der Waals surface area contributed by atoms with E-state index in [2.05, 4.69) is 48.7 Å². The number of nitrogens with zero attached hydrogens (tertiary/aromatic N) is 4. The van der Waals surface area contributed by atoms with Crippen molar-refractivity contribution in [2.24, 2.45) is 22.7 Å². The third-order valence-corrected chi connectivity index (χ3v) is 6.19. The van der Waals surface area contributed by atoms with Crippen LogP contribution >= 0.6 is 0 Å². The quantitative estimate of drug-likeness (QED) is 0.357. The van der Waals surface area contributed by atoms with Crippen LogP contribution in [-0.2, 0) is 4.79 Å². The van der Waals surface area contributed by atoms with Crippen molar-refractivity contribution in [1.82, 2.24) is 20.2 Å². The van der Waals surface area contributed by atoms with Crippen molar-refractivity contribution >= 4 is 23.0 Å². The number of aryl methyl sites for hydroxylation is 1. The number of nitrogens with one attached hydrogen (secondary N) is 2. The van der Waals surface area contributed by atoms with Gasteiger partial charge in [0.2, 0.25) is 5.91 Å². The fourth-order valence-corrected chi connectivity index (χ4v) is 3.86. The van der Waals surface area contributed by atoms with Gasteiger partial charge >= 0.3 is 0 Å². The van der Waals surface area contributed by atoms with E-state index in [0.29, 0.717) is 30.4 Å². The first-order valence-corrected chi connectivity index (χ1v) is 13.9. The molecular formula is C31H42N6O2. The fraction of sp³-hybridized carbons (Fsp3) is 0.484. The van der Waals surface area contributed by atoms with Gasteiger partial charge in [0.1, 0.15) is 5.75 Å². The molecule has 8 nitrogen and oxygen atoms in total. The van der Waals surface area contributed by atoms with E-state index in [9.17, 15) is 4.79 Å². The number of ether oxygens (including phenoxy) is 1. The minimum atomic E-state index is -0.0542. The first-order chi connectivity index (χ1) is 18.7. The SMILES string of the molecule is C=CC(=Nc1c(C(=CCC)NCC(=O)N2CC(C#N)C2)c[nH]c1C)c1cc(OCC2CC2)ccn1.CC(C)C. The topological polar surface area (TPSA) is 106 Å². The Labute approximate surface area is 232 Å². The summed E-state index contributed by atoms with van der Waals surface area (Å²) in [5, 5.41) is 12.2. The van der Waals surface area contributed by atoms with Gasteiger partial charge in [0.15, 0.2) is 0 Å². The number of aromatic amines is 1. The van der Waals surface area contributed by atoms with Gasteiger partial charge in [-0.15, -0.1) is 0 Å². The first kappa shape index (κ1) is 29.7. The molecule has 2 aromatic heterocycles. The van der Waals surface area contributed by atoms with Crippen LogP contribution in [0.15, 0.2) is 48.2 Å². The molecule has 39 heavy (non-hydrogen) atoms. The molecule has 2 N–H and O–H groups in total. The molecule has 0 atom stereocenters. The Morgan fingerprint density at radius 1 is 1.38 bits per heavy atom. The van der Waals surface area contributed by atoms with Crippen molar-refractivity contribution in [3.05, 3.63) is 60.2 Å². The van der Waals surface area contributed by atoms with E-state index in [1.54, 1.807) is 17.2 Å². The van der Waals surface area contributed by atoms with E-state index in [1.807, 2.05) is 38.3 Å². The van der Waals surface area contributed by atoms with Gasteiger partial charge in [0, 0.05) is 48.5 Å². The Kier molecular flexibility index (Phi) is 10.9. The van der Waals surface area contributed by atoms with Crippen molar-refractivity contribution in [3.8, 4) is 11.8 Å². The standard InChI is InChI=1S/C27H32N6O2.C4H10/c1-4-6-24(31-14-26(34)33-15-20(12-28)16-33)22-13-30-18(3)27(22)32-23(5-2)25-11-21(9-10-29-25)35-17-19-7-8-19;1-4(2)3/h5-6,9-11,13,19-20,30-31H,2,4,7-8,14-17H2,1,3H3;4H,1-3H3. The second kappa shape index (κ2) is 14.3. The number of allylic oxidation sites excluding steroid dienone is 2. The fourth-order valence-electron chi connectivity index (χ4n) is 3.86. The zero-order chi connectivity index (χ0) is 28.4. The molecule has 1 amide bonds. The van der Waals surface area contributed by atoms with E-state index >= 15 is 0 Å². The monoisotopic (exact) mass is 530 g/mol. The molecule has 1 saturated heterocycles. The number of carbonyl (C=O) groups is 1. The summed E-state index contributed by atoms with van der Waals surface area (Å²) in [6, 6.07) is 5.95. The first-order valence-electron chi connectivity index (χ1n) is 13.9. The van der Waals surface area contributed by atoms with Gasteiger partial charge in [-0.3, -0.25) is 9.78 Å². The number of hydrogen-bond donors (Lipinski definition) is 2. The molecule has 8 heteroatoms. The molecule has 2 fully saturated rings. The number of carbonyl (C=O) groups excluding carboxylic acids is 1. The molecule has 2 aromatic rings. The number of rotatable bonds is 11. The van der Waals surface area contributed by atoms with E-state index < -0.39 is 0 Å². The number of aromatic nitrogens is 2. The van der Waals surface area contributed by atoms with Gasteiger partial charge in [-0.25, -0.2) is 4.99 Å². The Bertz CT molecular complexity index is 1220. The molecule has 2 aliphatic rings. The minimum absolute atomic E-state index is 0.0187. The summed E-state index contributed by atoms with van der Waals surface area (Å²) in [5.74, 6) is 2.20. The number of aliphatic imine (C=N–C) groups is 1. The van der Waals surface area contributed by atoms with Gasteiger partial charge in [0.25, 0.3) is 0 Å². The Morgan fingerprint density at radius 3 is 2.72 bits per heavy atom. The number of likely N-dealkylation sites (tertiary alicyclic amines) is 1. The average Bonchev–Trinajstić information content (AvgIpc) is 3.64. The zero-order valence-corrected chi connectivity index (χ0v) is 24.0. The zero-order valence-electron chi connectivity index (χ0n) is 24.0. The van der Waals surface area contributed by atoms with Crippen molar-refractivity contribution in [2.45, 2.75) is 53.9 Å². The van der Waals surface area contributed by atoms with Crippen LogP contribution < -0.4 is 10.1 Å². The lowest BCUT2D eigenvalue weighted by molar-refractivity contribution is -0.134. The summed E-state index contributed by atoms with van der Waals surface area (Å²) < 4.78 is 5.91. The highest BCUT2D eigenvalue weighted by Gasteiger charge is 2.30. The van der Waals surface area contributed by atoms with Crippen LogP contribution in [0.3, 0.4) is 0 Å². The van der Waals surface area contributed by atoms with Crippen LogP contribution in [0.25, 0.3) is 5.70 Å². The molecule has 0 radical (unpaired) electrons. The summed E-state index contributed by atoms with van der Waals surface area (Å²) in [4.78, 5) is 26.9. The number of nitriles is 1. The maximum Gasteiger partial charge on any atom is 0.241 e. The molecule has 0 unspecified atom stereocenters. The largest absolute Gasteiger partial charge is 0.493 e. The normalized spacial score (nSPS) is 15.7. The van der Waals surface area contributed by atoms with E-state index in [-0.39, 0.29) is 18.4 Å². The van der Waals surface area contributed by atoms with Gasteiger partial charge in [0.05, 0.1) is 42.2 Å². The lowest BCUT2D eigenvalue weighted by atomic mass is 10.0. The van der Waals surface area contributed by atoms with E-state index in [0.717, 1.165) is 47.3 Å². The van der Waals surface area contributed by atoms with Crippen LogP contribution in [0.4, 0.5) is 5.69 Å². The predicted molar refractivity (Wildman–Crippen MR) is 157 cm³/mol. The summed E-state index contributed by atoms with van der Waals surface area (Å²) in [7, 11) is 0. The molecule has 1 aliphatic carbocycles. The Balaban J connectivity index is 0.000000983. The highest BCUT2D eigenvalue weighted by Crippen LogP contribution is 2.31. The maximum absolute atomic E-state index is 12.5. The second-order valence-corrected chi connectivity index (χ2v) is 10.7. The molecular weight excluding hydrogens is 488 g/mol. The van der Waals surface area contributed by atoms with Crippen LogP contribution in [-0.4, -0.2) is 52.7 Å².